The van der Waals surface area contributed by atoms with Crippen LogP contribution in [0.5, 0.6) is 0 Å². The Bertz CT molecular complexity index is 585. The number of hydrogen-bond acceptors (Lipinski definition) is 5. The van der Waals surface area contributed by atoms with Crippen LogP contribution in [0.2, 0.25) is 0 Å². The van der Waals surface area contributed by atoms with Gasteiger partial charge in [0.1, 0.15) is 5.69 Å². The summed E-state index contributed by atoms with van der Waals surface area (Å²) >= 11 is 0. The average Bonchev–Trinajstić information content (AvgIpc) is 2.46. The van der Waals surface area contributed by atoms with Gasteiger partial charge < -0.3 is 10.7 Å². The zero-order valence-corrected chi connectivity index (χ0v) is 10.6. The van der Waals surface area contributed by atoms with Crippen molar-refractivity contribution >= 4 is 11.6 Å². The van der Waals surface area contributed by atoms with Crippen LogP contribution in [0.3, 0.4) is 0 Å². The van der Waals surface area contributed by atoms with Gasteiger partial charge in [0.05, 0.1) is 5.69 Å². The molecule has 0 unspecified atom stereocenters. The van der Waals surface area contributed by atoms with E-state index in [-0.39, 0.29) is 5.91 Å². The van der Waals surface area contributed by atoms with Gasteiger partial charge >= 0.3 is 0 Å². The number of anilines is 1. The second kappa shape index (κ2) is 5.92. The highest BCUT2D eigenvalue weighted by atomic mass is 16.1. The molecule has 2 aromatic heterocycles. The summed E-state index contributed by atoms with van der Waals surface area (Å²) in [5, 5.41) is 2.80. The standard InChI is InChI=1S/C13H15N5O/c1-9-2-4-15-7-10(9)8-17-13(19)12-6-11(18-14)3-5-16-12/h2-7H,8,14H2,1H3,(H,16,18)(H,17,19). The van der Waals surface area contributed by atoms with Crippen LogP contribution in [0.1, 0.15) is 21.6 Å². The molecule has 0 spiro atoms. The van der Waals surface area contributed by atoms with Crippen molar-refractivity contribution in [1.82, 2.24) is 15.3 Å². The summed E-state index contributed by atoms with van der Waals surface area (Å²) in [6.07, 6.45) is 4.99. The Morgan fingerprint density at radius 1 is 1.37 bits per heavy atom. The molecule has 0 aromatic carbocycles. The molecule has 4 N–H and O–H groups in total. The van der Waals surface area contributed by atoms with Gasteiger partial charge in [0.2, 0.25) is 0 Å². The molecule has 2 rings (SSSR count). The number of pyridine rings is 2. The van der Waals surface area contributed by atoms with Crippen molar-refractivity contribution in [3.8, 4) is 0 Å². The predicted molar refractivity (Wildman–Crippen MR) is 72.2 cm³/mol. The third-order valence-corrected chi connectivity index (χ3v) is 2.75. The Labute approximate surface area is 111 Å². The van der Waals surface area contributed by atoms with E-state index in [9.17, 15) is 4.79 Å². The third-order valence-electron chi connectivity index (χ3n) is 2.75. The van der Waals surface area contributed by atoms with E-state index < -0.39 is 0 Å². The van der Waals surface area contributed by atoms with Crippen LogP contribution in [0.15, 0.2) is 36.8 Å². The van der Waals surface area contributed by atoms with Gasteiger partial charge in [0.25, 0.3) is 5.91 Å². The first-order valence-electron chi connectivity index (χ1n) is 5.81. The number of aromatic nitrogens is 2. The first-order valence-corrected chi connectivity index (χ1v) is 5.81. The lowest BCUT2D eigenvalue weighted by molar-refractivity contribution is 0.0946. The molecule has 6 nitrogen and oxygen atoms in total. The molecule has 2 aromatic rings. The number of carbonyl (C=O) groups is 1. The number of carbonyl (C=O) groups excluding carboxylic acids is 1. The molecule has 0 fully saturated rings. The van der Waals surface area contributed by atoms with Crippen LogP contribution < -0.4 is 16.6 Å². The molecule has 98 valence electrons. The smallest absolute Gasteiger partial charge is 0.270 e. The number of nitrogen functional groups attached to an aromatic ring is 1. The third kappa shape index (κ3) is 3.26. The Morgan fingerprint density at radius 3 is 2.95 bits per heavy atom. The quantitative estimate of drug-likeness (QED) is 0.561. The number of amides is 1. The molecular weight excluding hydrogens is 242 g/mol. The second-order valence-corrected chi connectivity index (χ2v) is 4.06. The molecule has 0 saturated heterocycles. The number of nitrogens with two attached hydrogens (primary N) is 1. The van der Waals surface area contributed by atoms with E-state index in [1.54, 1.807) is 24.5 Å². The normalized spacial score (nSPS) is 10.0. The summed E-state index contributed by atoms with van der Waals surface area (Å²) in [6.45, 7) is 2.39. The Morgan fingerprint density at radius 2 is 2.21 bits per heavy atom. The van der Waals surface area contributed by atoms with Crippen molar-refractivity contribution in [2.45, 2.75) is 13.5 Å². The Balaban J connectivity index is 2.03. The van der Waals surface area contributed by atoms with Crippen molar-refractivity contribution in [3.05, 3.63) is 53.6 Å². The fraction of sp³-hybridized carbons (Fsp3) is 0.154. The molecule has 0 aliphatic rings. The Hall–Kier alpha value is -2.47. The van der Waals surface area contributed by atoms with Gasteiger partial charge in [-0.05, 0) is 36.2 Å². The van der Waals surface area contributed by atoms with Gasteiger partial charge in [0, 0.05) is 25.1 Å². The summed E-state index contributed by atoms with van der Waals surface area (Å²) in [5.74, 6) is 5.04. The van der Waals surface area contributed by atoms with E-state index in [1.165, 1.54) is 6.20 Å². The largest absolute Gasteiger partial charge is 0.347 e. The molecule has 2 heterocycles. The van der Waals surface area contributed by atoms with Gasteiger partial charge in [-0.15, -0.1) is 0 Å². The number of hydrazine groups is 1. The highest BCUT2D eigenvalue weighted by Gasteiger charge is 2.08. The SMILES string of the molecule is Cc1ccncc1CNC(=O)c1cc(NN)ccn1. The zero-order valence-electron chi connectivity index (χ0n) is 10.6. The van der Waals surface area contributed by atoms with Gasteiger partial charge in [-0.1, -0.05) is 0 Å². The number of rotatable bonds is 4. The minimum atomic E-state index is -0.250. The molecule has 0 bridgehead atoms. The first-order chi connectivity index (χ1) is 9.20. The van der Waals surface area contributed by atoms with Gasteiger partial charge in [-0.25, -0.2) is 0 Å². The number of hydrogen-bond donors (Lipinski definition) is 3. The lowest BCUT2D eigenvalue weighted by atomic mass is 10.1. The maximum atomic E-state index is 11.9. The molecule has 0 aliphatic heterocycles. The van der Waals surface area contributed by atoms with Crippen LogP contribution in [-0.2, 0) is 6.54 Å². The number of nitrogens with zero attached hydrogens (tertiary/aromatic N) is 2. The molecule has 19 heavy (non-hydrogen) atoms. The molecule has 1 amide bonds. The average molecular weight is 257 g/mol. The maximum Gasteiger partial charge on any atom is 0.270 e. The Kier molecular flexibility index (Phi) is 4.04. The monoisotopic (exact) mass is 257 g/mol. The van der Waals surface area contributed by atoms with E-state index in [1.807, 2.05) is 13.0 Å². The molecule has 6 heteroatoms. The van der Waals surface area contributed by atoms with Crippen LogP contribution in [-0.4, -0.2) is 15.9 Å². The van der Waals surface area contributed by atoms with E-state index in [4.69, 9.17) is 5.84 Å². The van der Waals surface area contributed by atoms with Crippen molar-refractivity contribution in [3.63, 3.8) is 0 Å². The topological polar surface area (TPSA) is 92.9 Å². The summed E-state index contributed by atoms with van der Waals surface area (Å²) in [7, 11) is 0. The lowest BCUT2D eigenvalue weighted by Gasteiger charge is -2.07. The first kappa shape index (κ1) is 13.0. The van der Waals surface area contributed by atoms with Crippen molar-refractivity contribution < 1.29 is 4.79 Å². The van der Waals surface area contributed by atoms with E-state index in [2.05, 4.69) is 20.7 Å². The summed E-state index contributed by atoms with van der Waals surface area (Å²) in [6, 6.07) is 5.17. The minimum Gasteiger partial charge on any atom is -0.347 e. The van der Waals surface area contributed by atoms with Crippen LogP contribution in [0.4, 0.5) is 5.69 Å². The molecule has 0 saturated carbocycles. The van der Waals surface area contributed by atoms with Crippen LogP contribution in [0, 0.1) is 6.92 Å². The molecule has 0 atom stereocenters. The highest BCUT2D eigenvalue weighted by molar-refractivity contribution is 5.93. The number of nitrogens with one attached hydrogen (secondary N) is 2. The highest BCUT2D eigenvalue weighted by Crippen LogP contribution is 2.07. The fourth-order valence-electron chi connectivity index (χ4n) is 1.59. The lowest BCUT2D eigenvalue weighted by Crippen LogP contribution is -2.24. The van der Waals surface area contributed by atoms with E-state index >= 15 is 0 Å². The van der Waals surface area contributed by atoms with E-state index in [0.29, 0.717) is 17.9 Å². The van der Waals surface area contributed by atoms with Gasteiger partial charge in [-0.3, -0.25) is 20.6 Å². The van der Waals surface area contributed by atoms with Crippen LogP contribution in [0.25, 0.3) is 0 Å². The fourth-order valence-corrected chi connectivity index (χ4v) is 1.59. The summed E-state index contributed by atoms with van der Waals surface area (Å²) in [5.41, 5.74) is 5.49. The van der Waals surface area contributed by atoms with Gasteiger partial charge in [0.15, 0.2) is 0 Å². The maximum absolute atomic E-state index is 11.9. The molecule has 0 radical (unpaired) electrons. The van der Waals surface area contributed by atoms with Gasteiger partial charge in [-0.2, -0.15) is 0 Å². The van der Waals surface area contributed by atoms with E-state index in [0.717, 1.165) is 11.1 Å². The van der Waals surface area contributed by atoms with Crippen molar-refractivity contribution in [2.75, 3.05) is 5.43 Å². The summed E-state index contributed by atoms with van der Waals surface area (Å²) < 4.78 is 0. The minimum absolute atomic E-state index is 0.250. The zero-order chi connectivity index (χ0) is 13.7. The molecule has 0 aliphatic carbocycles. The van der Waals surface area contributed by atoms with Crippen molar-refractivity contribution in [2.24, 2.45) is 5.84 Å². The van der Waals surface area contributed by atoms with Crippen molar-refractivity contribution in [1.29, 1.82) is 0 Å². The van der Waals surface area contributed by atoms with Crippen LogP contribution >= 0.6 is 0 Å². The summed E-state index contributed by atoms with van der Waals surface area (Å²) in [4.78, 5) is 20.0. The number of aryl methyl sites for hydroxylation is 1. The molecular formula is C13H15N5O. The predicted octanol–water partition coefficient (Wildman–Crippen LogP) is 1.00. The second-order valence-electron chi connectivity index (χ2n) is 4.06.